The standard InChI is InChI=1S/C7H3ClN2O4S2/c8-16(13,14)5-2-1-4(3-9)6(7(5)15)10(11)12/h1-2,15H. The van der Waals surface area contributed by atoms with Crippen LogP contribution in [0.2, 0.25) is 0 Å². The van der Waals surface area contributed by atoms with Crippen LogP contribution in [0.25, 0.3) is 0 Å². The highest BCUT2D eigenvalue weighted by Gasteiger charge is 2.26. The van der Waals surface area contributed by atoms with Gasteiger partial charge >= 0.3 is 5.69 Å². The second-order valence-corrected chi connectivity index (χ2v) is 5.60. The smallest absolute Gasteiger partial charge is 0.258 e. The Balaban J connectivity index is 3.72. The van der Waals surface area contributed by atoms with Gasteiger partial charge < -0.3 is 0 Å². The Bertz CT molecular complexity index is 606. The molecule has 0 aliphatic heterocycles. The molecule has 9 heteroatoms. The molecule has 0 atom stereocenters. The summed E-state index contributed by atoms with van der Waals surface area (Å²) in [4.78, 5) is 8.82. The van der Waals surface area contributed by atoms with E-state index in [9.17, 15) is 18.5 Å². The first kappa shape index (κ1) is 12.8. The van der Waals surface area contributed by atoms with Crippen LogP contribution in [0, 0.1) is 21.4 Å². The van der Waals surface area contributed by atoms with Crippen molar-refractivity contribution in [3.05, 3.63) is 27.8 Å². The Morgan fingerprint density at radius 3 is 2.44 bits per heavy atom. The molecule has 0 saturated carbocycles. The van der Waals surface area contributed by atoms with Gasteiger partial charge in [0.1, 0.15) is 21.4 Å². The van der Waals surface area contributed by atoms with Gasteiger partial charge in [-0.1, -0.05) is 0 Å². The van der Waals surface area contributed by atoms with Crippen LogP contribution in [0.3, 0.4) is 0 Å². The van der Waals surface area contributed by atoms with Crippen LogP contribution in [-0.2, 0) is 9.05 Å². The van der Waals surface area contributed by atoms with Gasteiger partial charge in [-0.05, 0) is 12.1 Å². The molecule has 1 aromatic carbocycles. The third-order valence-corrected chi connectivity index (χ3v) is 3.65. The Kier molecular flexibility index (Phi) is 3.42. The maximum absolute atomic E-state index is 11.0. The summed E-state index contributed by atoms with van der Waals surface area (Å²) >= 11 is 3.71. The monoisotopic (exact) mass is 278 g/mol. The summed E-state index contributed by atoms with van der Waals surface area (Å²) in [6, 6.07) is 3.57. The number of nitriles is 1. The van der Waals surface area contributed by atoms with Gasteiger partial charge in [-0.25, -0.2) is 8.42 Å². The average molecular weight is 279 g/mol. The van der Waals surface area contributed by atoms with Crippen molar-refractivity contribution in [1.29, 1.82) is 5.26 Å². The van der Waals surface area contributed by atoms with E-state index in [-0.39, 0.29) is 5.56 Å². The molecular formula is C7H3ClN2O4S2. The van der Waals surface area contributed by atoms with Gasteiger partial charge in [0.2, 0.25) is 0 Å². The maximum Gasteiger partial charge on any atom is 0.301 e. The molecule has 16 heavy (non-hydrogen) atoms. The summed E-state index contributed by atoms with van der Waals surface area (Å²) in [5.41, 5.74) is -0.952. The summed E-state index contributed by atoms with van der Waals surface area (Å²) in [6.45, 7) is 0. The molecule has 1 aromatic rings. The number of nitro benzene ring substituents is 1. The Morgan fingerprint density at radius 1 is 1.50 bits per heavy atom. The second kappa shape index (κ2) is 4.29. The number of hydrogen-bond acceptors (Lipinski definition) is 6. The molecule has 0 saturated heterocycles. The van der Waals surface area contributed by atoms with E-state index in [0.29, 0.717) is 0 Å². The molecule has 0 aliphatic carbocycles. The number of benzene rings is 1. The predicted molar refractivity (Wildman–Crippen MR) is 58.1 cm³/mol. The maximum atomic E-state index is 11.0. The van der Waals surface area contributed by atoms with Crippen molar-refractivity contribution in [3.8, 4) is 6.07 Å². The number of nitro groups is 1. The van der Waals surface area contributed by atoms with Crippen LogP contribution in [-0.4, -0.2) is 13.3 Å². The highest BCUT2D eigenvalue weighted by Crippen LogP contribution is 2.33. The number of halogens is 1. The molecule has 1 rings (SSSR count). The van der Waals surface area contributed by atoms with E-state index >= 15 is 0 Å². The van der Waals surface area contributed by atoms with Gasteiger partial charge in [0.15, 0.2) is 0 Å². The average Bonchev–Trinajstić information content (AvgIpc) is 2.14. The molecule has 0 unspecified atom stereocenters. The Labute approximate surface area is 100 Å². The topological polar surface area (TPSA) is 101 Å². The van der Waals surface area contributed by atoms with Gasteiger partial charge in [0.25, 0.3) is 9.05 Å². The van der Waals surface area contributed by atoms with E-state index in [0.717, 1.165) is 12.1 Å². The zero-order valence-corrected chi connectivity index (χ0v) is 9.88. The molecule has 0 aromatic heterocycles. The predicted octanol–water partition coefficient (Wildman–Crippen LogP) is 1.68. The summed E-state index contributed by atoms with van der Waals surface area (Å²) < 4.78 is 22.1. The van der Waals surface area contributed by atoms with Crippen LogP contribution in [0.4, 0.5) is 5.69 Å². The molecule has 0 heterocycles. The van der Waals surface area contributed by atoms with Crippen LogP contribution < -0.4 is 0 Å². The first-order chi connectivity index (χ1) is 7.29. The summed E-state index contributed by atoms with van der Waals surface area (Å²) in [5, 5.41) is 19.3. The number of nitrogens with zero attached hydrogens (tertiary/aromatic N) is 2. The van der Waals surface area contributed by atoms with Gasteiger partial charge in [0, 0.05) is 10.7 Å². The molecule has 0 amide bonds. The minimum Gasteiger partial charge on any atom is -0.258 e. The van der Waals surface area contributed by atoms with Crippen LogP contribution in [0.5, 0.6) is 0 Å². The van der Waals surface area contributed by atoms with Crippen molar-refractivity contribution in [2.75, 3.05) is 0 Å². The van der Waals surface area contributed by atoms with Gasteiger partial charge in [0.05, 0.1) is 4.92 Å². The summed E-state index contributed by atoms with van der Waals surface area (Å²) in [5.74, 6) is 0. The van der Waals surface area contributed by atoms with Crippen molar-refractivity contribution in [1.82, 2.24) is 0 Å². The van der Waals surface area contributed by atoms with Gasteiger partial charge in [-0.2, -0.15) is 5.26 Å². The summed E-state index contributed by atoms with van der Waals surface area (Å²) in [7, 11) is 0.921. The zero-order chi connectivity index (χ0) is 12.5. The zero-order valence-electron chi connectivity index (χ0n) is 7.42. The second-order valence-electron chi connectivity index (χ2n) is 2.62. The first-order valence-corrected chi connectivity index (χ1v) is 6.39. The molecule has 0 aliphatic rings. The van der Waals surface area contributed by atoms with Crippen LogP contribution >= 0.6 is 23.3 Å². The number of rotatable bonds is 2. The molecule has 0 radical (unpaired) electrons. The first-order valence-electron chi connectivity index (χ1n) is 3.64. The van der Waals surface area contributed by atoms with E-state index in [1.807, 2.05) is 0 Å². The van der Waals surface area contributed by atoms with Gasteiger partial charge in [-0.15, -0.1) is 12.6 Å². The fourth-order valence-electron chi connectivity index (χ4n) is 1.03. The van der Waals surface area contributed by atoms with E-state index in [1.54, 1.807) is 6.07 Å². The third-order valence-electron chi connectivity index (χ3n) is 1.68. The SMILES string of the molecule is N#Cc1ccc(S(=O)(=O)Cl)c(S)c1[N+](=O)[O-]. The quantitative estimate of drug-likeness (QED) is 0.384. The Morgan fingerprint density at radius 2 is 2.06 bits per heavy atom. The lowest BCUT2D eigenvalue weighted by molar-refractivity contribution is -0.388. The van der Waals surface area contributed by atoms with Crippen molar-refractivity contribution < 1.29 is 13.3 Å². The minimum atomic E-state index is -4.13. The minimum absolute atomic E-state index is 0.279. The Hall–Kier alpha value is -1.30. The van der Waals surface area contributed by atoms with Crippen molar-refractivity contribution >= 4 is 38.0 Å². The molecule has 0 N–H and O–H groups in total. The van der Waals surface area contributed by atoms with E-state index in [2.05, 4.69) is 12.6 Å². The molecule has 0 spiro atoms. The van der Waals surface area contributed by atoms with E-state index < -0.39 is 29.5 Å². The lowest BCUT2D eigenvalue weighted by atomic mass is 10.2. The van der Waals surface area contributed by atoms with Crippen molar-refractivity contribution in [2.45, 2.75) is 9.79 Å². The highest BCUT2D eigenvalue weighted by molar-refractivity contribution is 8.14. The lowest BCUT2D eigenvalue weighted by Gasteiger charge is -2.02. The molecule has 6 nitrogen and oxygen atoms in total. The normalized spacial score (nSPS) is 10.8. The number of thiol groups is 1. The van der Waals surface area contributed by atoms with E-state index in [4.69, 9.17) is 15.9 Å². The molecule has 84 valence electrons. The lowest BCUT2D eigenvalue weighted by Crippen LogP contribution is -2.00. The van der Waals surface area contributed by atoms with Gasteiger partial charge in [-0.3, -0.25) is 10.1 Å². The van der Waals surface area contributed by atoms with Crippen LogP contribution in [0.1, 0.15) is 5.56 Å². The largest absolute Gasteiger partial charge is 0.301 e. The van der Waals surface area contributed by atoms with Crippen LogP contribution in [0.15, 0.2) is 21.9 Å². The van der Waals surface area contributed by atoms with E-state index in [1.165, 1.54) is 0 Å². The fourth-order valence-corrected chi connectivity index (χ4v) is 2.78. The summed E-state index contributed by atoms with van der Waals surface area (Å²) in [6.07, 6.45) is 0. The number of hydrogen-bond donors (Lipinski definition) is 1. The van der Waals surface area contributed by atoms with Crippen molar-refractivity contribution in [2.24, 2.45) is 0 Å². The molecule has 0 fully saturated rings. The van der Waals surface area contributed by atoms with Crippen molar-refractivity contribution in [3.63, 3.8) is 0 Å². The fraction of sp³-hybridized carbons (Fsp3) is 0. The third kappa shape index (κ3) is 2.27. The molecular weight excluding hydrogens is 276 g/mol. The molecule has 0 bridgehead atoms. The highest BCUT2D eigenvalue weighted by atomic mass is 35.7.